The Balaban J connectivity index is 1.29. The first-order valence-electron chi connectivity index (χ1n) is 11.3. The van der Waals surface area contributed by atoms with Crippen LogP contribution >= 0.6 is 0 Å². The van der Waals surface area contributed by atoms with Crippen LogP contribution in [0.2, 0.25) is 0 Å². The van der Waals surface area contributed by atoms with Gasteiger partial charge in [0.1, 0.15) is 5.82 Å². The van der Waals surface area contributed by atoms with Gasteiger partial charge in [-0.1, -0.05) is 36.4 Å². The number of benzene rings is 2. The van der Waals surface area contributed by atoms with Crippen molar-refractivity contribution in [3.8, 4) is 0 Å². The van der Waals surface area contributed by atoms with Gasteiger partial charge in [-0.05, 0) is 54.3 Å². The second kappa shape index (κ2) is 10.3. The van der Waals surface area contributed by atoms with Crippen molar-refractivity contribution in [2.45, 2.75) is 31.1 Å². The van der Waals surface area contributed by atoms with Crippen LogP contribution < -0.4 is 10.0 Å². The average Bonchev–Trinajstić information content (AvgIpc) is 2.85. The van der Waals surface area contributed by atoms with Crippen molar-refractivity contribution < 1.29 is 18.0 Å². The van der Waals surface area contributed by atoms with Crippen molar-refractivity contribution in [2.75, 3.05) is 25.0 Å². The maximum absolute atomic E-state index is 12.7. The third-order valence-electron chi connectivity index (χ3n) is 5.97. The molecule has 178 valence electrons. The van der Waals surface area contributed by atoms with E-state index in [9.17, 15) is 18.0 Å². The van der Waals surface area contributed by atoms with Crippen LogP contribution in [-0.2, 0) is 19.6 Å². The number of piperidine rings is 1. The van der Waals surface area contributed by atoms with E-state index >= 15 is 0 Å². The first-order chi connectivity index (χ1) is 16.3. The van der Waals surface area contributed by atoms with E-state index in [1.54, 1.807) is 35.4 Å². The number of carbonyl (C=O) groups is 2. The Morgan fingerprint density at radius 2 is 1.88 bits per heavy atom. The molecule has 1 atom stereocenters. The molecular weight excluding hydrogens is 452 g/mol. The summed E-state index contributed by atoms with van der Waals surface area (Å²) in [6.45, 7) is 2.79. The number of fused-ring (bicyclic) bond motifs is 1. The van der Waals surface area contributed by atoms with Crippen LogP contribution in [0.25, 0.3) is 10.8 Å². The molecule has 1 saturated heterocycles. The lowest BCUT2D eigenvalue weighted by Gasteiger charge is -2.32. The minimum Gasteiger partial charge on any atom is -0.342 e. The Hall–Kier alpha value is -3.30. The minimum atomic E-state index is -3.73. The molecule has 8 nitrogen and oxygen atoms in total. The number of hydrogen-bond donors (Lipinski definition) is 2. The van der Waals surface area contributed by atoms with E-state index in [0.29, 0.717) is 31.7 Å². The summed E-state index contributed by atoms with van der Waals surface area (Å²) < 4.78 is 27.9. The molecule has 0 bridgehead atoms. The molecule has 0 aliphatic carbocycles. The molecule has 4 rings (SSSR count). The zero-order chi connectivity index (χ0) is 24.1. The molecule has 34 heavy (non-hydrogen) atoms. The quantitative estimate of drug-likeness (QED) is 0.540. The Bertz CT molecular complexity index is 1290. The van der Waals surface area contributed by atoms with Gasteiger partial charge in [0, 0.05) is 32.3 Å². The molecule has 1 aliphatic rings. The van der Waals surface area contributed by atoms with Crippen molar-refractivity contribution >= 4 is 38.4 Å². The number of nitrogens with one attached hydrogen (secondary N) is 2. The van der Waals surface area contributed by atoms with Gasteiger partial charge in [-0.25, -0.2) is 18.1 Å². The predicted octanol–water partition coefficient (Wildman–Crippen LogP) is 3.09. The van der Waals surface area contributed by atoms with E-state index < -0.39 is 10.0 Å². The lowest BCUT2D eigenvalue weighted by Crippen LogP contribution is -2.44. The van der Waals surface area contributed by atoms with Gasteiger partial charge in [0.25, 0.3) is 0 Å². The first kappa shape index (κ1) is 23.8. The molecule has 9 heteroatoms. The number of sulfonamides is 1. The monoisotopic (exact) mass is 480 g/mol. The average molecular weight is 481 g/mol. The highest BCUT2D eigenvalue weighted by atomic mass is 32.2. The molecule has 2 aromatic carbocycles. The Morgan fingerprint density at radius 1 is 1.09 bits per heavy atom. The number of rotatable bonds is 7. The number of hydrogen-bond acceptors (Lipinski definition) is 5. The van der Waals surface area contributed by atoms with Crippen LogP contribution in [0.3, 0.4) is 0 Å². The standard InChI is InChI=1S/C25H28N4O4S/c1-18-8-11-23(26-16-18)28-25(31)21-7-4-14-29(17-21)24(30)12-13-27-34(32,33)22-10-9-19-5-2-3-6-20(19)15-22/h2-3,5-6,8-11,15-16,21,27H,4,7,12-14,17H2,1H3,(H,26,28,31). The van der Waals surface area contributed by atoms with Gasteiger partial charge >= 0.3 is 0 Å². The molecule has 0 radical (unpaired) electrons. The fourth-order valence-corrected chi connectivity index (χ4v) is 5.12. The maximum Gasteiger partial charge on any atom is 0.240 e. The lowest BCUT2D eigenvalue weighted by atomic mass is 9.97. The highest BCUT2D eigenvalue weighted by Gasteiger charge is 2.28. The molecule has 2 heterocycles. The van der Waals surface area contributed by atoms with E-state index in [2.05, 4.69) is 15.0 Å². The van der Waals surface area contributed by atoms with Crippen LogP contribution in [0.15, 0.2) is 65.7 Å². The molecule has 0 saturated carbocycles. The molecule has 1 aromatic heterocycles. The number of pyridine rings is 1. The summed E-state index contributed by atoms with van der Waals surface area (Å²) in [5, 5.41) is 4.60. The smallest absolute Gasteiger partial charge is 0.240 e. The summed E-state index contributed by atoms with van der Waals surface area (Å²) in [4.78, 5) is 31.3. The molecule has 1 aliphatic heterocycles. The number of anilines is 1. The number of carbonyl (C=O) groups excluding carboxylic acids is 2. The topological polar surface area (TPSA) is 108 Å². The fraction of sp³-hybridized carbons (Fsp3) is 0.320. The van der Waals surface area contributed by atoms with Crippen molar-refractivity contribution in [1.29, 1.82) is 0 Å². The Labute approximate surface area is 199 Å². The number of amides is 2. The van der Waals surface area contributed by atoms with E-state index in [1.807, 2.05) is 37.3 Å². The summed E-state index contributed by atoms with van der Waals surface area (Å²) >= 11 is 0. The van der Waals surface area contributed by atoms with Gasteiger partial charge in [0.15, 0.2) is 0 Å². The molecular formula is C25H28N4O4S. The van der Waals surface area contributed by atoms with E-state index in [1.165, 1.54) is 0 Å². The van der Waals surface area contributed by atoms with Crippen LogP contribution in [0.5, 0.6) is 0 Å². The second-order valence-electron chi connectivity index (χ2n) is 8.55. The normalized spacial score (nSPS) is 16.4. The van der Waals surface area contributed by atoms with Crippen molar-refractivity contribution in [2.24, 2.45) is 5.92 Å². The van der Waals surface area contributed by atoms with Crippen LogP contribution in [0, 0.1) is 12.8 Å². The summed E-state index contributed by atoms with van der Waals surface area (Å²) in [5.41, 5.74) is 1.00. The van der Waals surface area contributed by atoms with E-state index in [0.717, 1.165) is 16.3 Å². The van der Waals surface area contributed by atoms with E-state index in [-0.39, 0.29) is 35.6 Å². The molecule has 3 aromatic rings. The molecule has 2 N–H and O–H groups in total. The minimum absolute atomic E-state index is 0.00531. The summed E-state index contributed by atoms with van der Waals surface area (Å²) in [6, 6.07) is 16.1. The first-order valence-corrected chi connectivity index (χ1v) is 12.8. The Morgan fingerprint density at radius 3 is 2.65 bits per heavy atom. The SMILES string of the molecule is Cc1ccc(NC(=O)C2CCCN(C(=O)CCNS(=O)(=O)c3ccc4ccccc4c3)C2)nc1. The third-order valence-corrected chi connectivity index (χ3v) is 7.43. The van der Waals surface area contributed by atoms with Gasteiger partial charge in [-0.3, -0.25) is 9.59 Å². The van der Waals surface area contributed by atoms with E-state index in [4.69, 9.17) is 0 Å². The molecule has 0 spiro atoms. The molecule has 1 fully saturated rings. The van der Waals surface area contributed by atoms with Crippen LogP contribution in [0.4, 0.5) is 5.82 Å². The third kappa shape index (κ3) is 5.78. The predicted molar refractivity (Wildman–Crippen MR) is 131 cm³/mol. The number of aryl methyl sites for hydroxylation is 1. The van der Waals surface area contributed by atoms with Gasteiger partial charge < -0.3 is 10.2 Å². The van der Waals surface area contributed by atoms with Gasteiger partial charge in [0.05, 0.1) is 10.8 Å². The lowest BCUT2D eigenvalue weighted by molar-refractivity contribution is -0.134. The summed E-state index contributed by atoms with van der Waals surface area (Å²) in [6.07, 6.45) is 3.12. The van der Waals surface area contributed by atoms with Gasteiger partial charge in [-0.15, -0.1) is 0 Å². The number of aromatic nitrogens is 1. The molecule has 2 amide bonds. The van der Waals surface area contributed by atoms with Gasteiger partial charge in [0.2, 0.25) is 21.8 Å². The van der Waals surface area contributed by atoms with Crippen molar-refractivity contribution in [3.63, 3.8) is 0 Å². The Kier molecular flexibility index (Phi) is 7.23. The maximum atomic E-state index is 12.7. The fourth-order valence-electron chi connectivity index (χ4n) is 4.06. The second-order valence-corrected chi connectivity index (χ2v) is 10.3. The zero-order valence-electron chi connectivity index (χ0n) is 19.0. The van der Waals surface area contributed by atoms with Gasteiger partial charge in [-0.2, -0.15) is 0 Å². The van der Waals surface area contributed by atoms with Crippen LogP contribution in [0.1, 0.15) is 24.8 Å². The highest BCUT2D eigenvalue weighted by Crippen LogP contribution is 2.20. The summed E-state index contributed by atoms with van der Waals surface area (Å²) in [7, 11) is -3.73. The molecule has 1 unspecified atom stereocenters. The largest absolute Gasteiger partial charge is 0.342 e. The zero-order valence-corrected chi connectivity index (χ0v) is 19.8. The van der Waals surface area contributed by atoms with Crippen LogP contribution in [-0.4, -0.2) is 49.8 Å². The summed E-state index contributed by atoms with van der Waals surface area (Å²) in [5.74, 6) is -0.171. The van der Waals surface area contributed by atoms with Crippen molar-refractivity contribution in [3.05, 3.63) is 66.4 Å². The van der Waals surface area contributed by atoms with Crippen molar-refractivity contribution in [1.82, 2.24) is 14.6 Å². The number of nitrogens with zero attached hydrogens (tertiary/aromatic N) is 2. The highest BCUT2D eigenvalue weighted by molar-refractivity contribution is 7.89. The number of likely N-dealkylation sites (tertiary alicyclic amines) is 1.